The van der Waals surface area contributed by atoms with Gasteiger partial charge in [-0.1, -0.05) is 6.07 Å². The average Bonchev–Trinajstić information content (AvgIpc) is 3.15. The second-order valence-corrected chi connectivity index (χ2v) is 5.91. The van der Waals surface area contributed by atoms with Crippen molar-refractivity contribution in [2.75, 3.05) is 0 Å². The molecule has 0 aromatic carbocycles. The van der Waals surface area contributed by atoms with Crippen LogP contribution in [0.1, 0.15) is 46.8 Å². The lowest BCUT2D eigenvalue weighted by Gasteiger charge is -2.10. The van der Waals surface area contributed by atoms with Crippen molar-refractivity contribution in [1.82, 2.24) is 20.3 Å². The van der Waals surface area contributed by atoms with Gasteiger partial charge >= 0.3 is 0 Å². The molecule has 0 unspecified atom stereocenters. The molecule has 1 aliphatic heterocycles. The summed E-state index contributed by atoms with van der Waals surface area (Å²) in [6.07, 6.45) is 4.43. The van der Waals surface area contributed by atoms with Crippen molar-refractivity contribution >= 4 is 0 Å². The summed E-state index contributed by atoms with van der Waals surface area (Å²) in [5.41, 5.74) is 7.01. The lowest BCUT2D eigenvalue weighted by molar-refractivity contribution is 0.755. The summed E-state index contributed by atoms with van der Waals surface area (Å²) in [6, 6.07) is 2.15. The third-order valence-corrected chi connectivity index (χ3v) is 4.11. The maximum Gasteiger partial charge on any atom is 0.178 e. The molecule has 2 aromatic rings. The van der Waals surface area contributed by atoms with E-state index in [-0.39, 0.29) is 0 Å². The van der Waals surface area contributed by atoms with Crippen LogP contribution in [0.5, 0.6) is 0 Å². The number of rotatable bonds is 2. The third-order valence-electron chi connectivity index (χ3n) is 4.11. The fourth-order valence-electron chi connectivity index (χ4n) is 2.94. The highest BCUT2D eigenvalue weighted by atomic mass is 15.0. The normalized spacial score (nSPS) is 17.3. The fourth-order valence-corrected chi connectivity index (χ4v) is 2.94. The number of aryl methyl sites for hydroxylation is 2. The van der Waals surface area contributed by atoms with Gasteiger partial charge in [-0.05, 0) is 37.8 Å². The van der Waals surface area contributed by atoms with Crippen LogP contribution in [0.4, 0.5) is 0 Å². The minimum absolute atomic E-state index is 0.649. The topological polar surface area (TPSA) is 50.7 Å². The summed E-state index contributed by atoms with van der Waals surface area (Å²) >= 11 is 0. The fraction of sp³-hybridized carbons (Fsp3) is 0.438. The maximum absolute atomic E-state index is 4.85. The molecule has 0 bridgehead atoms. The van der Waals surface area contributed by atoms with E-state index >= 15 is 0 Å². The Hall–Kier alpha value is -1.81. The third kappa shape index (κ3) is 1.91. The smallest absolute Gasteiger partial charge is 0.178 e. The van der Waals surface area contributed by atoms with Crippen LogP contribution >= 0.6 is 0 Å². The van der Waals surface area contributed by atoms with E-state index in [4.69, 9.17) is 9.97 Å². The Morgan fingerprint density at radius 2 is 2.00 bits per heavy atom. The van der Waals surface area contributed by atoms with Gasteiger partial charge in [0.15, 0.2) is 5.82 Å². The summed E-state index contributed by atoms with van der Waals surface area (Å²) in [6.45, 7) is 5.92. The molecule has 1 N–H and O–H groups in total. The lowest BCUT2D eigenvalue weighted by Crippen LogP contribution is -2.04. The summed E-state index contributed by atoms with van der Waals surface area (Å²) in [5, 5.41) is 3.39. The number of hydrogen-bond donors (Lipinski definition) is 1. The second kappa shape index (κ2) is 4.35. The molecule has 0 saturated heterocycles. The molecule has 102 valence electrons. The highest BCUT2D eigenvalue weighted by Crippen LogP contribution is 2.42. The Morgan fingerprint density at radius 3 is 2.75 bits per heavy atom. The summed E-state index contributed by atoms with van der Waals surface area (Å²) in [7, 11) is 0. The predicted octanol–water partition coefficient (Wildman–Crippen LogP) is 2.64. The van der Waals surface area contributed by atoms with Crippen molar-refractivity contribution in [3.05, 3.63) is 40.3 Å². The van der Waals surface area contributed by atoms with Crippen molar-refractivity contribution in [3.63, 3.8) is 0 Å². The first kappa shape index (κ1) is 12.0. The molecule has 4 heteroatoms. The van der Waals surface area contributed by atoms with Crippen LogP contribution in [-0.4, -0.2) is 15.0 Å². The van der Waals surface area contributed by atoms with Crippen LogP contribution in [0.2, 0.25) is 0 Å². The molecule has 0 atom stereocenters. The van der Waals surface area contributed by atoms with Crippen LogP contribution < -0.4 is 5.32 Å². The summed E-state index contributed by atoms with van der Waals surface area (Å²) in [4.78, 5) is 14.2. The number of hydrogen-bond acceptors (Lipinski definition) is 4. The van der Waals surface area contributed by atoms with E-state index in [1.54, 1.807) is 0 Å². The van der Waals surface area contributed by atoms with E-state index in [2.05, 4.69) is 30.2 Å². The van der Waals surface area contributed by atoms with E-state index in [0.717, 1.165) is 30.2 Å². The van der Waals surface area contributed by atoms with Crippen LogP contribution in [0.3, 0.4) is 0 Å². The van der Waals surface area contributed by atoms with Gasteiger partial charge in [0.25, 0.3) is 0 Å². The van der Waals surface area contributed by atoms with Gasteiger partial charge in [0.05, 0.1) is 11.4 Å². The Morgan fingerprint density at radius 1 is 1.15 bits per heavy atom. The van der Waals surface area contributed by atoms with Gasteiger partial charge in [0.1, 0.15) is 5.69 Å². The minimum Gasteiger partial charge on any atom is -0.307 e. The van der Waals surface area contributed by atoms with Crippen LogP contribution in [0.15, 0.2) is 12.3 Å². The zero-order valence-corrected chi connectivity index (χ0v) is 11.9. The van der Waals surface area contributed by atoms with Crippen molar-refractivity contribution in [2.45, 2.75) is 45.7 Å². The number of pyridine rings is 1. The predicted molar refractivity (Wildman–Crippen MR) is 77.3 cm³/mol. The van der Waals surface area contributed by atoms with Gasteiger partial charge in [-0.3, -0.25) is 4.98 Å². The van der Waals surface area contributed by atoms with E-state index in [9.17, 15) is 0 Å². The molecule has 4 nitrogen and oxygen atoms in total. The van der Waals surface area contributed by atoms with Crippen molar-refractivity contribution in [2.24, 2.45) is 0 Å². The molecule has 1 saturated carbocycles. The van der Waals surface area contributed by atoms with Gasteiger partial charge < -0.3 is 5.32 Å². The summed E-state index contributed by atoms with van der Waals surface area (Å²) < 4.78 is 0. The van der Waals surface area contributed by atoms with E-state index < -0.39 is 0 Å². The van der Waals surface area contributed by atoms with Crippen LogP contribution in [-0.2, 0) is 13.1 Å². The molecule has 1 fully saturated rings. The Labute approximate surface area is 118 Å². The van der Waals surface area contributed by atoms with Gasteiger partial charge in [-0.2, -0.15) is 0 Å². The first-order valence-electron chi connectivity index (χ1n) is 7.26. The molecule has 0 amide bonds. The van der Waals surface area contributed by atoms with E-state index in [1.165, 1.54) is 35.4 Å². The molecule has 4 rings (SSSR count). The quantitative estimate of drug-likeness (QED) is 0.908. The average molecular weight is 266 g/mol. The van der Waals surface area contributed by atoms with Gasteiger partial charge in [0, 0.05) is 30.8 Å². The van der Waals surface area contributed by atoms with Crippen molar-refractivity contribution < 1.29 is 0 Å². The zero-order valence-electron chi connectivity index (χ0n) is 11.9. The highest BCUT2D eigenvalue weighted by molar-refractivity contribution is 5.56. The highest BCUT2D eigenvalue weighted by Gasteiger charge is 2.31. The minimum atomic E-state index is 0.649. The molecule has 20 heavy (non-hydrogen) atoms. The molecule has 1 aliphatic carbocycles. The first-order valence-corrected chi connectivity index (χ1v) is 7.26. The molecular weight excluding hydrogens is 248 g/mol. The maximum atomic E-state index is 4.85. The van der Waals surface area contributed by atoms with Crippen LogP contribution in [0, 0.1) is 13.8 Å². The number of nitrogens with zero attached hydrogens (tertiary/aromatic N) is 3. The first-order chi connectivity index (χ1) is 9.72. The molecular formula is C16H18N4. The second-order valence-electron chi connectivity index (χ2n) is 5.91. The number of fused-ring (bicyclic) bond motifs is 1. The number of nitrogens with one attached hydrogen (secondary N) is 1. The Balaban J connectivity index is 1.88. The Kier molecular flexibility index (Phi) is 2.60. The van der Waals surface area contributed by atoms with Gasteiger partial charge in [-0.25, -0.2) is 9.97 Å². The monoisotopic (exact) mass is 266 g/mol. The molecule has 0 radical (unpaired) electrons. The lowest BCUT2D eigenvalue weighted by atomic mass is 10.1. The SMILES string of the molecule is Cc1cnc(-c2nc3c(c(C4CC4)n2)CNC3)c(C)c1. The van der Waals surface area contributed by atoms with E-state index in [1.807, 2.05) is 6.20 Å². The zero-order chi connectivity index (χ0) is 13.7. The molecule has 3 heterocycles. The number of aromatic nitrogens is 3. The summed E-state index contributed by atoms with van der Waals surface area (Å²) in [5.74, 6) is 1.45. The van der Waals surface area contributed by atoms with Crippen molar-refractivity contribution in [3.8, 4) is 11.5 Å². The molecule has 2 aliphatic rings. The molecule has 2 aromatic heterocycles. The van der Waals surface area contributed by atoms with Crippen LogP contribution in [0.25, 0.3) is 11.5 Å². The van der Waals surface area contributed by atoms with E-state index in [0.29, 0.717) is 5.92 Å². The molecule has 0 spiro atoms. The standard InChI is InChI=1S/C16H18N4/c1-9-5-10(2)14(18-6-9)16-19-13-8-17-7-12(13)15(20-16)11-3-4-11/h5-6,11,17H,3-4,7-8H2,1-2H3. The van der Waals surface area contributed by atoms with Gasteiger partial charge in [0.2, 0.25) is 0 Å². The van der Waals surface area contributed by atoms with Crippen molar-refractivity contribution in [1.29, 1.82) is 0 Å². The largest absolute Gasteiger partial charge is 0.307 e. The van der Waals surface area contributed by atoms with Gasteiger partial charge in [-0.15, -0.1) is 0 Å². The Bertz CT molecular complexity index is 689.